The summed E-state index contributed by atoms with van der Waals surface area (Å²) in [5.41, 5.74) is 0.744. The highest BCUT2D eigenvalue weighted by molar-refractivity contribution is 6.38. The molecule has 3 rings (SSSR count). The topological polar surface area (TPSA) is 97.4 Å². The Morgan fingerprint density at radius 2 is 1.49 bits per heavy atom. The maximum atomic E-state index is 14.4. The summed E-state index contributed by atoms with van der Waals surface area (Å²) in [6.07, 6.45) is 5.11. The van der Waals surface area contributed by atoms with E-state index in [2.05, 4.69) is 5.32 Å². The predicted octanol–water partition coefficient (Wildman–Crippen LogP) is 6.10. The van der Waals surface area contributed by atoms with E-state index in [0.29, 0.717) is 11.1 Å². The third kappa shape index (κ3) is 9.55. The predicted molar refractivity (Wildman–Crippen MR) is 156 cm³/mol. The van der Waals surface area contributed by atoms with Crippen molar-refractivity contribution in [3.05, 3.63) is 71.5 Å². The van der Waals surface area contributed by atoms with Crippen LogP contribution in [0, 0.1) is 29.5 Å². The molecule has 41 heavy (non-hydrogen) atoms. The van der Waals surface area contributed by atoms with Gasteiger partial charge in [-0.05, 0) is 36.8 Å². The first-order valence-electron chi connectivity index (χ1n) is 14.8. The van der Waals surface area contributed by atoms with Gasteiger partial charge in [0.2, 0.25) is 11.7 Å². The molecule has 0 unspecified atom stereocenters. The number of nitrogens with one attached hydrogen (secondary N) is 1. The first-order valence-corrected chi connectivity index (χ1v) is 14.8. The molecule has 7 heteroatoms. The van der Waals surface area contributed by atoms with E-state index in [1.165, 1.54) is 13.0 Å². The lowest BCUT2D eigenvalue weighted by atomic mass is 9.80. The number of ketones is 4. The lowest BCUT2D eigenvalue weighted by Crippen LogP contribution is -2.44. The molecule has 1 aliphatic rings. The summed E-state index contributed by atoms with van der Waals surface area (Å²) >= 11 is 0. The fourth-order valence-electron chi connectivity index (χ4n) is 5.55. The van der Waals surface area contributed by atoms with E-state index in [4.69, 9.17) is 0 Å². The highest BCUT2D eigenvalue weighted by atomic mass is 19.1. The Bertz CT molecular complexity index is 1220. The SMILES string of the molecule is CC(C)[C@H](CC(=O)[C@H](C)NC(=O)[C@H](CC(=O)c1ccccc1)Cc1ccccc1F)C(=O)C(=O)CC1CCCCC1. The Kier molecular flexibility index (Phi) is 12.1. The lowest BCUT2D eigenvalue weighted by molar-refractivity contribution is -0.142. The zero-order chi connectivity index (χ0) is 29.9. The second kappa shape index (κ2) is 15.5. The summed E-state index contributed by atoms with van der Waals surface area (Å²) in [6.45, 7) is 5.16. The van der Waals surface area contributed by atoms with Crippen LogP contribution in [0.15, 0.2) is 54.6 Å². The van der Waals surface area contributed by atoms with E-state index in [9.17, 15) is 28.4 Å². The van der Waals surface area contributed by atoms with Gasteiger partial charge in [-0.25, -0.2) is 4.39 Å². The van der Waals surface area contributed by atoms with Crippen molar-refractivity contribution in [2.45, 2.75) is 84.6 Å². The van der Waals surface area contributed by atoms with Gasteiger partial charge in [0, 0.05) is 36.7 Å². The number of Topliss-reactive ketones (excluding diaryl/α,β-unsaturated/α-hetero) is 4. The third-order valence-electron chi connectivity index (χ3n) is 8.20. The van der Waals surface area contributed by atoms with Crippen LogP contribution in [0.5, 0.6) is 0 Å². The summed E-state index contributed by atoms with van der Waals surface area (Å²) < 4.78 is 14.4. The van der Waals surface area contributed by atoms with Gasteiger partial charge in [0.15, 0.2) is 17.3 Å². The number of hydrogen-bond acceptors (Lipinski definition) is 5. The van der Waals surface area contributed by atoms with Crippen LogP contribution < -0.4 is 5.32 Å². The molecule has 0 radical (unpaired) electrons. The van der Waals surface area contributed by atoms with Gasteiger partial charge in [-0.1, -0.05) is 94.5 Å². The van der Waals surface area contributed by atoms with Crippen molar-refractivity contribution in [1.82, 2.24) is 5.32 Å². The highest BCUT2D eigenvalue weighted by Crippen LogP contribution is 2.28. The summed E-state index contributed by atoms with van der Waals surface area (Å²) in [5, 5.41) is 2.70. The maximum Gasteiger partial charge on any atom is 0.224 e. The van der Waals surface area contributed by atoms with Gasteiger partial charge in [-0.15, -0.1) is 0 Å². The fourth-order valence-corrected chi connectivity index (χ4v) is 5.55. The van der Waals surface area contributed by atoms with Crippen LogP contribution >= 0.6 is 0 Å². The molecule has 0 saturated heterocycles. The second-order valence-electron chi connectivity index (χ2n) is 11.7. The molecule has 6 nitrogen and oxygen atoms in total. The smallest absolute Gasteiger partial charge is 0.224 e. The van der Waals surface area contributed by atoms with Gasteiger partial charge in [0.25, 0.3) is 0 Å². The average Bonchev–Trinajstić information content (AvgIpc) is 2.96. The normalized spacial score (nSPS) is 16.0. The molecular weight excluding hydrogens is 521 g/mol. The van der Waals surface area contributed by atoms with Crippen molar-refractivity contribution in [2.24, 2.45) is 23.7 Å². The summed E-state index contributed by atoms with van der Waals surface area (Å²) in [7, 11) is 0. The van der Waals surface area contributed by atoms with Crippen molar-refractivity contribution in [3.63, 3.8) is 0 Å². The van der Waals surface area contributed by atoms with Crippen LogP contribution in [0.2, 0.25) is 0 Å². The van der Waals surface area contributed by atoms with E-state index in [1.807, 2.05) is 13.8 Å². The number of rotatable bonds is 15. The van der Waals surface area contributed by atoms with Gasteiger partial charge < -0.3 is 5.32 Å². The molecule has 1 fully saturated rings. The highest BCUT2D eigenvalue weighted by Gasteiger charge is 2.33. The Labute approximate surface area is 242 Å². The van der Waals surface area contributed by atoms with Crippen molar-refractivity contribution in [2.75, 3.05) is 0 Å². The van der Waals surface area contributed by atoms with Gasteiger partial charge in [-0.2, -0.15) is 0 Å². The third-order valence-corrected chi connectivity index (χ3v) is 8.20. The molecule has 3 atom stereocenters. The average molecular weight is 564 g/mol. The van der Waals surface area contributed by atoms with Crippen LogP contribution in [0.25, 0.3) is 0 Å². The molecule has 220 valence electrons. The molecule has 0 spiro atoms. The number of halogens is 1. The van der Waals surface area contributed by atoms with Gasteiger partial charge >= 0.3 is 0 Å². The molecule has 1 saturated carbocycles. The Hall–Kier alpha value is -3.48. The van der Waals surface area contributed by atoms with Crippen molar-refractivity contribution < 1.29 is 28.4 Å². The number of benzene rings is 2. The number of carbonyl (C=O) groups excluding carboxylic acids is 5. The van der Waals surface area contributed by atoms with E-state index in [-0.39, 0.29) is 49.1 Å². The standard InChI is InChI=1S/C34H42FNO5/c1-22(2)28(33(40)32(39)18-24-12-6-4-7-13-24)21-30(37)23(3)36-34(41)27(19-26-16-10-11-17-29(26)35)20-31(38)25-14-8-5-9-15-25/h5,8-11,14-17,22-24,27-28H,4,6-7,12-13,18-21H2,1-3H3,(H,36,41)/t23-,27-,28-/m0/s1. The second-order valence-corrected chi connectivity index (χ2v) is 11.7. The van der Waals surface area contributed by atoms with Crippen LogP contribution in [0.4, 0.5) is 4.39 Å². The summed E-state index contributed by atoms with van der Waals surface area (Å²) in [5.74, 6) is -4.22. The van der Waals surface area contributed by atoms with E-state index >= 15 is 0 Å². The summed E-state index contributed by atoms with van der Waals surface area (Å²) in [6, 6.07) is 13.7. The largest absolute Gasteiger partial charge is 0.346 e. The summed E-state index contributed by atoms with van der Waals surface area (Å²) in [4.78, 5) is 65.4. The van der Waals surface area contributed by atoms with Crippen LogP contribution in [-0.4, -0.2) is 35.1 Å². The quantitative estimate of drug-likeness (QED) is 0.209. The molecule has 0 bridgehead atoms. The van der Waals surface area contributed by atoms with Gasteiger partial charge in [0.05, 0.1) is 6.04 Å². The van der Waals surface area contributed by atoms with Gasteiger partial charge in [-0.3, -0.25) is 24.0 Å². The lowest BCUT2D eigenvalue weighted by Gasteiger charge is -2.24. The Morgan fingerprint density at radius 3 is 2.12 bits per heavy atom. The van der Waals surface area contributed by atoms with E-state index in [1.54, 1.807) is 48.5 Å². The molecule has 1 aliphatic carbocycles. The van der Waals surface area contributed by atoms with Gasteiger partial charge in [0.1, 0.15) is 5.82 Å². The first-order chi connectivity index (χ1) is 19.6. The van der Waals surface area contributed by atoms with Crippen molar-refractivity contribution >= 4 is 29.0 Å². The fraction of sp³-hybridized carbons (Fsp3) is 0.500. The van der Waals surface area contributed by atoms with Crippen LogP contribution in [0.1, 0.15) is 88.1 Å². The minimum absolute atomic E-state index is 0.0131. The van der Waals surface area contributed by atoms with Crippen LogP contribution in [0.3, 0.4) is 0 Å². The first kappa shape index (κ1) is 32.0. The Morgan fingerprint density at radius 1 is 0.854 bits per heavy atom. The molecule has 0 heterocycles. The minimum atomic E-state index is -0.944. The molecule has 2 aromatic rings. The number of carbonyl (C=O) groups is 5. The zero-order valence-corrected chi connectivity index (χ0v) is 24.4. The zero-order valence-electron chi connectivity index (χ0n) is 24.4. The van der Waals surface area contributed by atoms with E-state index < -0.39 is 41.2 Å². The Balaban J connectivity index is 1.67. The molecular formula is C34H42FNO5. The number of hydrogen-bond donors (Lipinski definition) is 1. The minimum Gasteiger partial charge on any atom is -0.346 e. The number of amides is 1. The molecule has 1 N–H and O–H groups in total. The van der Waals surface area contributed by atoms with Crippen LogP contribution in [-0.2, 0) is 25.6 Å². The maximum absolute atomic E-state index is 14.4. The van der Waals surface area contributed by atoms with Crippen molar-refractivity contribution in [1.29, 1.82) is 0 Å². The van der Waals surface area contributed by atoms with Crippen molar-refractivity contribution in [3.8, 4) is 0 Å². The molecule has 0 aromatic heterocycles. The molecule has 1 amide bonds. The molecule has 0 aliphatic heterocycles. The molecule has 2 aromatic carbocycles. The van der Waals surface area contributed by atoms with E-state index in [0.717, 1.165) is 32.1 Å². The monoisotopic (exact) mass is 563 g/mol.